The number of anilines is 1. The molecule has 10 nitrogen and oxygen atoms in total. The first kappa shape index (κ1) is 31.6. The minimum atomic E-state index is -4.51. The molecule has 236 valence electrons. The van der Waals surface area contributed by atoms with Gasteiger partial charge in [-0.3, -0.25) is 14.8 Å². The summed E-state index contributed by atoms with van der Waals surface area (Å²) < 4.78 is 73.0. The van der Waals surface area contributed by atoms with Crippen LogP contribution in [0.1, 0.15) is 47.3 Å². The van der Waals surface area contributed by atoms with Crippen molar-refractivity contribution < 1.29 is 31.1 Å². The lowest BCUT2D eigenvalue weighted by Gasteiger charge is -2.45. The first-order valence-corrected chi connectivity index (χ1v) is 16.1. The van der Waals surface area contributed by atoms with Crippen LogP contribution >= 0.6 is 0 Å². The molecule has 2 unspecified atom stereocenters. The van der Waals surface area contributed by atoms with Gasteiger partial charge in [0, 0.05) is 83.0 Å². The van der Waals surface area contributed by atoms with E-state index in [1.54, 1.807) is 12.1 Å². The molecule has 1 aromatic carbocycles. The lowest BCUT2D eigenvalue weighted by atomic mass is 10.1. The fourth-order valence-electron chi connectivity index (χ4n) is 6.25. The molecule has 0 amide bonds. The number of carbonyl (C=O) groups excluding carboxylic acids is 1. The summed E-state index contributed by atoms with van der Waals surface area (Å²) in [4.78, 5) is 22.5. The number of piperidine rings is 1. The van der Waals surface area contributed by atoms with Gasteiger partial charge in [0.25, 0.3) is 0 Å². The first-order chi connectivity index (χ1) is 20.5. The number of hydrogen-bond acceptors (Lipinski definition) is 9. The van der Waals surface area contributed by atoms with Gasteiger partial charge in [0.2, 0.25) is 10.0 Å². The number of halogens is 3. The summed E-state index contributed by atoms with van der Waals surface area (Å²) in [6.07, 6.45) is -1.17. The highest BCUT2D eigenvalue weighted by Crippen LogP contribution is 2.32. The molecule has 0 spiro atoms. The molecule has 5 rings (SSSR count). The number of hydrogen-bond donors (Lipinski definition) is 1. The topological polar surface area (TPSA) is 98.3 Å². The summed E-state index contributed by atoms with van der Waals surface area (Å²) in [6.45, 7) is 7.64. The lowest BCUT2D eigenvalue weighted by molar-refractivity contribution is -0.137. The van der Waals surface area contributed by atoms with Crippen LogP contribution in [-0.2, 0) is 20.9 Å². The molecule has 3 saturated heterocycles. The van der Waals surface area contributed by atoms with Crippen molar-refractivity contribution in [1.29, 1.82) is 0 Å². The maximum absolute atomic E-state index is 13.6. The third-order valence-corrected chi connectivity index (χ3v) is 11.3. The second-order valence-electron chi connectivity index (χ2n) is 11.3. The van der Waals surface area contributed by atoms with Crippen molar-refractivity contribution in [3.63, 3.8) is 0 Å². The average molecular weight is 625 g/mol. The van der Waals surface area contributed by atoms with Gasteiger partial charge in [-0.25, -0.2) is 13.2 Å². The van der Waals surface area contributed by atoms with Crippen molar-refractivity contribution >= 4 is 21.7 Å². The molecule has 3 fully saturated rings. The number of nitrogens with zero attached hydrogens (tertiary/aromatic N) is 5. The molecule has 0 radical (unpaired) electrons. The van der Waals surface area contributed by atoms with Gasteiger partial charge < -0.3 is 15.0 Å². The zero-order chi connectivity index (χ0) is 30.8. The van der Waals surface area contributed by atoms with Gasteiger partial charge in [-0.15, -0.1) is 0 Å². The van der Waals surface area contributed by atoms with E-state index < -0.39 is 33.1 Å². The van der Waals surface area contributed by atoms with E-state index in [1.165, 1.54) is 17.6 Å². The normalized spacial score (nSPS) is 22.8. The van der Waals surface area contributed by atoms with Crippen LogP contribution in [0.5, 0.6) is 0 Å². The summed E-state index contributed by atoms with van der Waals surface area (Å²) in [6, 6.07) is 7.92. The van der Waals surface area contributed by atoms with Crippen LogP contribution in [0.15, 0.2) is 42.7 Å². The average Bonchev–Trinajstić information content (AvgIpc) is 3.04. The SMILES string of the molecule is COC(=O)c1ccc(N2CCN(C(C)N3CCC(S(=O)(=O)N4CCNC(c5cncc(C(F)(F)F)c5)C4)CC3)CC2)cc1. The van der Waals surface area contributed by atoms with Crippen molar-refractivity contribution in [3.05, 3.63) is 59.4 Å². The Balaban J connectivity index is 1.12. The number of likely N-dealkylation sites (tertiary alicyclic amines) is 1. The van der Waals surface area contributed by atoms with E-state index in [-0.39, 0.29) is 25.2 Å². The Bertz CT molecular complexity index is 1360. The third-order valence-electron chi connectivity index (χ3n) is 8.91. The van der Waals surface area contributed by atoms with E-state index in [0.717, 1.165) is 44.1 Å². The minimum Gasteiger partial charge on any atom is -0.465 e. The van der Waals surface area contributed by atoms with Gasteiger partial charge in [0.05, 0.1) is 29.7 Å². The number of aromatic nitrogens is 1. The summed E-state index contributed by atoms with van der Waals surface area (Å²) >= 11 is 0. The maximum atomic E-state index is 13.6. The molecule has 0 bridgehead atoms. The quantitative estimate of drug-likeness (QED) is 0.467. The van der Waals surface area contributed by atoms with Crippen LogP contribution in [-0.4, -0.2) is 111 Å². The van der Waals surface area contributed by atoms with Crippen LogP contribution in [0, 0.1) is 0 Å². The number of methoxy groups -OCH3 is 1. The Hall–Kier alpha value is -2.78. The van der Waals surface area contributed by atoms with E-state index >= 15 is 0 Å². The fourth-order valence-corrected chi connectivity index (χ4v) is 8.18. The van der Waals surface area contributed by atoms with E-state index in [0.29, 0.717) is 43.6 Å². The highest BCUT2D eigenvalue weighted by atomic mass is 32.2. The molecule has 2 aromatic rings. The highest BCUT2D eigenvalue weighted by Gasteiger charge is 2.39. The Morgan fingerprint density at radius 3 is 2.28 bits per heavy atom. The Morgan fingerprint density at radius 2 is 1.65 bits per heavy atom. The molecule has 3 aliphatic rings. The van der Waals surface area contributed by atoms with Crippen LogP contribution in [0.4, 0.5) is 18.9 Å². The van der Waals surface area contributed by atoms with Crippen molar-refractivity contribution in [1.82, 2.24) is 24.4 Å². The molecule has 0 saturated carbocycles. The summed E-state index contributed by atoms with van der Waals surface area (Å²) in [7, 11) is -2.25. The van der Waals surface area contributed by atoms with E-state index in [1.807, 2.05) is 12.1 Å². The second-order valence-corrected chi connectivity index (χ2v) is 13.6. The minimum absolute atomic E-state index is 0.0810. The molecular formula is C29H39F3N6O4S. The maximum Gasteiger partial charge on any atom is 0.417 e. The summed E-state index contributed by atoms with van der Waals surface area (Å²) in [5, 5.41) is 2.64. The van der Waals surface area contributed by atoms with Crippen LogP contribution in [0.3, 0.4) is 0 Å². The monoisotopic (exact) mass is 624 g/mol. The number of sulfonamides is 1. The molecule has 14 heteroatoms. The van der Waals surface area contributed by atoms with Crippen LogP contribution < -0.4 is 10.2 Å². The standard InChI is InChI=1S/C29H39F3N6O4S/c1-21(36-13-15-37(16-14-36)25-5-3-22(4-6-25)28(39)42-2)35-10-7-26(8-11-35)43(40,41)38-12-9-34-27(20-38)23-17-24(19-33-18-23)29(30,31)32/h3-6,17-19,21,26-27,34H,7-16,20H2,1-2H3. The third kappa shape index (κ3) is 7.14. The van der Waals surface area contributed by atoms with Crippen LogP contribution in [0.2, 0.25) is 0 Å². The number of nitrogens with one attached hydrogen (secondary N) is 1. The number of pyridine rings is 1. The number of carbonyl (C=O) groups is 1. The van der Waals surface area contributed by atoms with Gasteiger partial charge in [-0.05, 0) is 55.7 Å². The van der Waals surface area contributed by atoms with Crippen molar-refractivity contribution in [2.45, 2.75) is 43.4 Å². The van der Waals surface area contributed by atoms with Crippen molar-refractivity contribution in [2.75, 3.05) is 70.9 Å². The molecular weight excluding hydrogens is 585 g/mol. The molecule has 1 N–H and O–H groups in total. The number of rotatable bonds is 7. The van der Waals surface area contributed by atoms with Gasteiger partial charge in [-0.2, -0.15) is 17.5 Å². The van der Waals surface area contributed by atoms with E-state index in [4.69, 9.17) is 4.74 Å². The molecule has 43 heavy (non-hydrogen) atoms. The number of ether oxygens (including phenoxy) is 1. The molecule has 1 aromatic heterocycles. The smallest absolute Gasteiger partial charge is 0.417 e. The number of piperazine rings is 2. The number of esters is 1. The number of benzene rings is 1. The van der Waals surface area contributed by atoms with Crippen molar-refractivity contribution in [3.8, 4) is 0 Å². The van der Waals surface area contributed by atoms with Gasteiger partial charge in [-0.1, -0.05) is 0 Å². The molecule has 2 atom stereocenters. The summed E-state index contributed by atoms with van der Waals surface area (Å²) in [5.41, 5.74) is 1.07. The molecule has 4 heterocycles. The predicted molar refractivity (Wildman–Crippen MR) is 156 cm³/mol. The van der Waals surface area contributed by atoms with E-state index in [9.17, 15) is 26.4 Å². The largest absolute Gasteiger partial charge is 0.465 e. The van der Waals surface area contributed by atoms with Gasteiger partial charge in [0.15, 0.2) is 0 Å². The zero-order valence-corrected chi connectivity index (χ0v) is 25.3. The predicted octanol–water partition coefficient (Wildman–Crippen LogP) is 2.80. The van der Waals surface area contributed by atoms with Gasteiger partial charge in [0.1, 0.15) is 0 Å². The first-order valence-electron chi connectivity index (χ1n) is 14.6. The zero-order valence-electron chi connectivity index (χ0n) is 24.5. The van der Waals surface area contributed by atoms with E-state index in [2.05, 4.69) is 31.9 Å². The number of alkyl halides is 3. The highest BCUT2D eigenvalue weighted by molar-refractivity contribution is 7.89. The Morgan fingerprint density at radius 1 is 1.00 bits per heavy atom. The van der Waals surface area contributed by atoms with Crippen LogP contribution in [0.25, 0.3) is 0 Å². The fraction of sp³-hybridized carbons (Fsp3) is 0.586. The molecule has 0 aliphatic carbocycles. The Kier molecular flexibility index (Phi) is 9.61. The second kappa shape index (κ2) is 13.1. The van der Waals surface area contributed by atoms with Crippen molar-refractivity contribution in [2.24, 2.45) is 0 Å². The lowest BCUT2D eigenvalue weighted by Crippen LogP contribution is -2.57. The molecule has 3 aliphatic heterocycles. The Labute approximate surface area is 250 Å². The van der Waals surface area contributed by atoms with Gasteiger partial charge >= 0.3 is 12.1 Å². The summed E-state index contributed by atoms with van der Waals surface area (Å²) in [5.74, 6) is -0.355.